The topological polar surface area (TPSA) is 78.9 Å². The van der Waals surface area contributed by atoms with Crippen molar-refractivity contribution in [1.82, 2.24) is 0 Å². The van der Waals surface area contributed by atoms with Crippen LogP contribution in [-0.2, 0) is 4.79 Å². The predicted molar refractivity (Wildman–Crippen MR) is 74.3 cm³/mol. The molecule has 1 amide bonds. The Morgan fingerprint density at radius 1 is 1.42 bits per heavy atom. The molecule has 0 saturated heterocycles. The van der Waals surface area contributed by atoms with Crippen molar-refractivity contribution >= 4 is 11.6 Å². The maximum atomic E-state index is 12.2. The molecule has 1 fully saturated rings. The molecule has 4 nitrogen and oxygen atoms in total. The van der Waals surface area contributed by atoms with Gasteiger partial charge in [0.25, 0.3) is 0 Å². The van der Waals surface area contributed by atoms with Crippen LogP contribution >= 0.6 is 0 Å². The lowest BCUT2D eigenvalue weighted by Crippen LogP contribution is -2.43. The zero-order chi connectivity index (χ0) is 13.9. The summed E-state index contributed by atoms with van der Waals surface area (Å²) in [6, 6.07) is 9.87. The summed E-state index contributed by atoms with van der Waals surface area (Å²) >= 11 is 0. The number of rotatable bonds is 2. The number of para-hydroxylation sites is 1. The van der Waals surface area contributed by atoms with Gasteiger partial charge in [-0.25, -0.2) is 0 Å². The van der Waals surface area contributed by atoms with Crippen LogP contribution in [0.5, 0.6) is 0 Å². The maximum Gasteiger partial charge on any atom is 0.227 e. The summed E-state index contributed by atoms with van der Waals surface area (Å²) in [5.74, 6) is -0.000999. The van der Waals surface area contributed by atoms with Gasteiger partial charge in [-0.1, -0.05) is 18.2 Å². The molecule has 0 aromatic heterocycles. The lowest BCUT2D eigenvalue weighted by atomic mass is 9.77. The van der Waals surface area contributed by atoms with E-state index in [9.17, 15) is 4.79 Å². The van der Waals surface area contributed by atoms with Gasteiger partial charge in [0.05, 0.1) is 6.07 Å². The zero-order valence-corrected chi connectivity index (χ0v) is 11.1. The molecule has 0 unspecified atom stereocenters. The lowest BCUT2D eigenvalue weighted by Gasteiger charge is -2.31. The van der Waals surface area contributed by atoms with Crippen LogP contribution in [0.15, 0.2) is 24.3 Å². The number of nitrogens with one attached hydrogen (secondary N) is 1. The Kier molecular flexibility index (Phi) is 3.87. The van der Waals surface area contributed by atoms with Crippen LogP contribution in [0.4, 0.5) is 5.69 Å². The molecular formula is C15H19N3O. The molecule has 1 aromatic carbocycles. The maximum absolute atomic E-state index is 12.2. The van der Waals surface area contributed by atoms with Gasteiger partial charge in [0.15, 0.2) is 0 Å². The van der Waals surface area contributed by atoms with E-state index in [0.29, 0.717) is 25.7 Å². The Balaban J connectivity index is 1.96. The van der Waals surface area contributed by atoms with E-state index in [2.05, 4.69) is 11.4 Å². The minimum Gasteiger partial charge on any atom is -0.326 e. The van der Waals surface area contributed by atoms with Crippen molar-refractivity contribution < 1.29 is 4.79 Å². The van der Waals surface area contributed by atoms with Crippen LogP contribution in [0, 0.1) is 24.2 Å². The van der Waals surface area contributed by atoms with Gasteiger partial charge >= 0.3 is 0 Å². The second-order valence-corrected chi connectivity index (χ2v) is 5.35. The Morgan fingerprint density at radius 3 is 2.63 bits per heavy atom. The highest BCUT2D eigenvalue weighted by Gasteiger charge is 2.34. The summed E-state index contributed by atoms with van der Waals surface area (Å²) in [6.07, 6.45) is 2.55. The molecule has 0 spiro atoms. The number of carbonyl (C=O) groups excluding carboxylic acids is 1. The molecular weight excluding hydrogens is 238 g/mol. The Bertz CT molecular complexity index is 510. The number of nitrogens with two attached hydrogens (primary N) is 1. The van der Waals surface area contributed by atoms with Gasteiger partial charge in [-0.3, -0.25) is 4.79 Å². The molecule has 1 aliphatic carbocycles. The van der Waals surface area contributed by atoms with E-state index < -0.39 is 5.54 Å². The average molecular weight is 257 g/mol. The summed E-state index contributed by atoms with van der Waals surface area (Å²) in [5, 5.41) is 11.9. The molecule has 1 aliphatic rings. The van der Waals surface area contributed by atoms with Gasteiger partial charge in [-0.15, -0.1) is 0 Å². The number of hydrogen-bond acceptors (Lipinski definition) is 3. The molecule has 19 heavy (non-hydrogen) atoms. The lowest BCUT2D eigenvalue weighted by molar-refractivity contribution is -0.121. The van der Waals surface area contributed by atoms with Gasteiger partial charge in [-0.05, 0) is 44.2 Å². The average Bonchev–Trinajstić information content (AvgIpc) is 2.42. The van der Waals surface area contributed by atoms with Gasteiger partial charge in [0.1, 0.15) is 5.54 Å². The minimum atomic E-state index is -0.737. The Morgan fingerprint density at radius 2 is 2.05 bits per heavy atom. The van der Waals surface area contributed by atoms with Gasteiger partial charge < -0.3 is 11.1 Å². The number of hydrogen-bond donors (Lipinski definition) is 2. The van der Waals surface area contributed by atoms with Crippen molar-refractivity contribution in [3.63, 3.8) is 0 Å². The molecule has 4 heteroatoms. The van der Waals surface area contributed by atoms with Crippen molar-refractivity contribution in [2.24, 2.45) is 11.7 Å². The van der Waals surface area contributed by atoms with Crippen molar-refractivity contribution in [2.45, 2.75) is 38.1 Å². The van der Waals surface area contributed by atoms with E-state index in [1.807, 2.05) is 31.2 Å². The highest BCUT2D eigenvalue weighted by Crippen LogP contribution is 2.31. The van der Waals surface area contributed by atoms with Gasteiger partial charge in [0.2, 0.25) is 5.91 Å². The largest absolute Gasteiger partial charge is 0.326 e. The van der Waals surface area contributed by atoms with Crippen LogP contribution < -0.4 is 11.1 Å². The summed E-state index contributed by atoms with van der Waals surface area (Å²) in [4.78, 5) is 12.2. The van der Waals surface area contributed by atoms with E-state index in [0.717, 1.165) is 11.3 Å². The first-order chi connectivity index (χ1) is 9.04. The molecule has 1 saturated carbocycles. The van der Waals surface area contributed by atoms with Crippen LogP contribution in [0.2, 0.25) is 0 Å². The van der Waals surface area contributed by atoms with Crippen molar-refractivity contribution in [3.05, 3.63) is 29.8 Å². The van der Waals surface area contributed by atoms with Crippen LogP contribution in [-0.4, -0.2) is 11.4 Å². The molecule has 3 N–H and O–H groups in total. The normalized spacial score (nSPS) is 26.5. The molecule has 0 bridgehead atoms. The molecule has 0 heterocycles. The van der Waals surface area contributed by atoms with Crippen molar-refractivity contribution in [3.8, 4) is 6.07 Å². The van der Waals surface area contributed by atoms with Crippen molar-refractivity contribution in [2.75, 3.05) is 5.32 Å². The van der Waals surface area contributed by atoms with Gasteiger partial charge in [-0.2, -0.15) is 5.26 Å². The highest BCUT2D eigenvalue weighted by molar-refractivity contribution is 5.93. The summed E-state index contributed by atoms with van der Waals surface area (Å²) in [6.45, 7) is 1.97. The fourth-order valence-electron chi connectivity index (χ4n) is 2.45. The summed E-state index contributed by atoms with van der Waals surface area (Å²) in [5.41, 5.74) is 7.08. The van der Waals surface area contributed by atoms with E-state index >= 15 is 0 Å². The van der Waals surface area contributed by atoms with E-state index in [4.69, 9.17) is 11.0 Å². The molecule has 1 aromatic rings. The number of anilines is 1. The molecule has 0 atom stereocenters. The fraction of sp³-hybridized carbons (Fsp3) is 0.467. The van der Waals surface area contributed by atoms with Crippen LogP contribution in [0.25, 0.3) is 0 Å². The van der Waals surface area contributed by atoms with Crippen LogP contribution in [0.1, 0.15) is 31.2 Å². The van der Waals surface area contributed by atoms with Gasteiger partial charge in [0, 0.05) is 11.6 Å². The van der Waals surface area contributed by atoms with Crippen molar-refractivity contribution in [1.29, 1.82) is 5.26 Å². The minimum absolute atomic E-state index is 0.0364. The monoisotopic (exact) mass is 257 g/mol. The Labute approximate surface area is 113 Å². The number of amides is 1. The first kappa shape index (κ1) is 13.6. The quantitative estimate of drug-likeness (QED) is 0.853. The second-order valence-electron chi connectivity index (χ2n) is 5.35. The molecule has 0 radical (unpaired) electrons. The molecule has 0 aliphatic heterocycles. The summed E-state index contributed by atoms with van der Waals surface area (Å²) < 4.78 is 0. The van der Waals surface area contributed by atoms with Crippen LogP contribution in [0.3, 0.4) is 0 Å². The third-order valence-corrected chi connectivity index (χ3v) is 3.87. The second kappa shape index (κ2) is 5.41. The number of nitrogens with zero attached hydrogens (tertiary/aromatic N) is 1. The Hall–Kier alpha value is -1.86. The number of benzene rings is 1. The predicted octanol–water partition coefficient (Wildman–Crippen LogP) is 2.34. The first-order valence-electron chi connectivity index (χ1n) is 6.61. The van der Waals surface area contributed by atoms with E-state index in [1.54, 1.807) is 0 Å². The zero-order valence-electron chi connectivity index (χ0n) is 11.1. The number of aryl methyl sites for hydroxylation is 1. The SMILES string of the molecule is Cc1ccccc1NC(=O)C1CCC(N)(C#N)CC1. The summed E-state index contributed by atoms with van der Waals surface area (Å²) in [7, 11) is 0. The smallest absolute Gasteiger partial charge is 0.227 e. The first-order valence-corrected chi connectivity index (χ1v) is 6.61. The third kappa shape index (κ3) is 3.12. The van der Waals surface area contributed by atoms with E-state index in [1.165, 1.54) is 0 Å². The van der Waals surface area contributed by atoms with E-state index in [-0.39, 0.29) is 11.8 Å². The standard InChI is InChI=1S/C15H19N3O/c1-11-4-2-3-5-13(11)18-14(19)12-6-8-15(17,10-16)9-7-12/h2-5,12H,6-9,17H2,1H3,(H,18,19). The fourth-order valence-corrected chi connectivity index (χ4v) is 2.45. The third-order valence-electron chi connectivity index (χ3n) is 3.87. The molecule has 2 rings (SSSR count). The molecule has 100 valence electrons. The highest BCUT2D eigenvalue weighted by atomic mass is 16.1. The number of nitriles is 1. The number of carbonyl (C=O) groups is 1.